The Morgan fingerprint density at radius 3 is 2.57 bits per heavy atom. The van der Waals surface area contributed by atoms with Crippen molar-refractivity contribution in [3.05, 3.63) is 60.7 Å². The molecule has 9 heteroatoms. The van der Waals surface area contributed by atoms with Gasteiger partial charge in [0.05, 0.1) is 31.4 Å². The van der Waals surface area contributed by atoms with E-state index in [0.717, 1.165) is 17.0 Å². The largest absolute Gasteiger partial charge is 0.497 e. The fourth-order valence-electron chi connectivity index (χ4n) is 2.84. The highest BCUT2D eigenvalue weighted by molar-refractivity contribution is 7.99. The summed E-state index contributed by atoms with van der Waals surface area (Å²) in [7, 11) is 3.19. The maximum absolute atomic E-state index is 12.4. The Kier molecular flexibility index (Phi) is 5.80. The first-order valence-corrected chi connectivity index (χ1v) is 10.1. The summed E-state index contributed by atoms with van der Waals surface area (Å²) in [6.45, 7) is 0. The minimum Gasteiger partial charge on any atom is -0.497 e. The van der Waals surface area contributed by atoms with E-state index in [1.54, 1.807) is 30.9 Å². The summed E-state index contributed by atoms with van der Waals surface area (Å²) in [5, 5.41) is 16.3. The highest BCUT2D eigenvalue weighted by Gasteiger charge is 2.13. The van der Waals surface area contributed by atoms with E-state index in [1.807, 2.05) is 48.5 Å². The van der Waals surface area contributed by atoms with Crippen LogP contribution in [0.4, 0.5) is 5.69 Å². The first-order valence-electron chi connectivity index (χ1n) is 9.10. The number of thioether (sulfide) groups is 1. The molecular weight excluding hydrogens is 402 g/mol. The Morgan fingerprint density at radius 2 is 1.80 bits per heavy atom. The third-order valence-corrected chi connectivity index (χ3v) is 5.25. The second-order valence-corrected chi connectivity index (χ2v) is 7.18. The van der Waals surface area contributed by atoms with Crippen LogP contribution >= 0.6 is 11.8 Å². The van der Waals surface area contributed by atoms with Crippen molar-refractivity contribution in [1.29, 1.82) is 0 Å². The second-order valence-electron chi connectivity index (χ2n) is 6.24. The predicted molar refractivity (Wildman–Crippen MR) is 115 cm³/mol. The average molecular weight is 421 g/mol. The van der Waals surface area contributed by atoms with Gasteiger partial charge in [-0.3, -0.25) is 4.79 Å². The number of carbonyl (C=O) groups excluding carboxylic acids is 1. The monoisotopic (exact) mass is 421 g/mol. The number of carbonyl (C=O) groups is 1. The first kappa shape index (κ1) is 19.7. The fourth-order valence-corrected chi connectivity index (χ4v) is 3.53. The summed E-state index contributed by atoms with van der Waals surface area (Å²) >= 11 is 1.26. The molecule has 0 aliphatic heterocycles. The highest BCUT2D eigenvalue weighted by Crippen LogP contribution is 2.25. The second kappa shape index (κ2) is 8.83. The molecule has 0 spiro atoms. The summed E-state index contributed by atoms with van der Waals surface area (Å²) in [6, 6.07) is 18.6. The van der Waals surface area contributed by atoms with Crippen LogP contribution in [0.15, 0.2) is 65.8 Å². The molecule has 2 aromatic carbocycles. The number of rotatable bonds is 7. The Morgan fingerprint density at radius 1 is 1.00 bits per heavy atom. The van der Waals surface area contributed by atoms with Crippen LogP contribution < -0.4 is 14.8 Å². The molecule has 30 heavy (non-hydrogen) atoms. The van der Waals surface area contributed by atoms with Gasteiger partial charge in [-0.2, -0.15) is 9.61 Å². The Hall–Kier alpha value is -3.59. The smallest absolute Gasteiger partial charge is 0.234 e. The molecule has 0 bridgehead atoms. The Balaban J connectivity index is 1.49. The molecule has 2 heterocycles. The number of hydrogen-bond donors (Lipinski definition) is 1. The highest BCUT2D eigenvalue weighted by atomic mass is 32.2. The number of nitrogens with one attached hydrogen (secondary N) is 1. The zero-order valence-corrected chi connectivity index (χ0v) is 17.2. The molecule has 0 saturated carbocycles. The van der Waals surface area contributed by atoms with Gasteiger partial charge in [0.1, 0.15) is 11.5 Å². The maximum atomic E-state index is 12.4. The van der Waals surface area contributed by atoms with E-state index < -0.39 is 0 Å². The number of ether oxygens (including phenoxy) is 2. The molecule has 0 aliphatic carbocycles. The predicted octanol–water partition coefficient (Wildman–Crippen LogP) is 3.54. The molecule has 1 N–H and O–H groups in total. The van der Waals surface area contributed by atoms with E-state index in [4.69, 9.17) is 9.47 Å². The molecule has 152 valence electrons. The third-order valence-electron chi connectivity index (χ3n) is 4.33. The number of methoxy groups -OCH3 is 2. The van der Waals surface area contributed by atoms with Crippen LogP contribution in [0.5, 0.6) is 11.5 Å². The third kappa shape index (κ3) is 4.20. The topological polar surface area (TPSA) is 90.6 Å². The molecular formula is C21H19N5O3S. The summed E-state index contributed by atoms with van der Waals surface area (Å²) in [5.41, 5.74) is 2.94. The van der Waals surface area contributed by atoms with E-state index in [-0.39, 0.29) is 11.7 Å². The van der Waals surface area contributed by atoms with Crippen LogP contribution in [0.25, 0.3) is 16.9 Å². The van der Waals surface area contributed by atoms with Crippen molar-refractivity contribution >= 4 is 29.0 Å². The lowest BCUT2D eigenvalue weighted by molar-refractivity contribution is -0.113. The molecule has 0 fully saturated rings. The molecule has 0 radical (unpaired) electrons. The number of para-hydroxylation sites is 2. The number of aromatic nitrogens is 4. The van der Waals surface area contributed by atoms with Crippen LogP contribution in [0, 0.1) is 0 Å². The minimum atomic E-state index is -0.174. The number of anilines is 1. The number of hydrogen-bond acceptors (Lipinski definition) is 7. The fraction of sp³-hybridized carbons (Fsp3) is 0.143. The lowest BCUT2D eigenvalue weighted by Gasteiger charge is -2.09. The van der Waals surface area contributed by atoms with E-state index in [9.17, 15) is 4.79 Å². The first-order chi connectivity index (χ1) is 14.7. The van der Waals surface area contributed by atoms with Crippen LogP contribution in [0.1, 0.15) is 0 Å². The zero-order chi connectivity index (χ0) is 20.9. The van der Waals surface area contributed by atoms with Gasteiger partial charge in [0.2, 0.25) is 11.1 Å². The van der Waals surface area contributed by atoms with Crippen LogP contribution in [0.2, 0.25) is 0 Å². The molecule has 0 unspecified atom stereocenters. The lowest BCUT2D eigenvalue weighted by atomic mass is 10.1. The van der Waals surface area contributed by atoms with Crippen molar-refractivity contribution in [2.24, 2.45) is 0 Å². The quantitative estimate of drug-likeness (QED) is 0.457. The van der Waals surface area contributed by atoms with Gasteiger partial charge in [-0.05, 0) is 48.5 Å². The summed E-state index contributed by atoms with van der Waals surface area (Å²) in [5.74, 6) is 1.37. The van der Waals surface area contributed by atoms with E-state index in [1.165, 1.54) is 11.8 Å². The van der Waals surface area contributed by atoms with Gasteiger partial charge in [0.25, 0.3) is 0 Å². The van der Waals surface area contributed by atoms with Crippen LogP contribution in [-0.4, -0.2) is 45.7 Å². The van der Waals surface area contributed by atoms with E-state index >= 15 is 0 Å². The summed E-state index contributed by atoms with van der Waals surface area (Å²) in [4.78, 5) is 12.4. The van der Waals surface area contributed by atoms with Gasteiger partial charge in [0, 0.05) is 5.56 Å². The lowest BCUT2D eigenvalue weighted by Crippen LogP contribution is -2.15. The molecule has 4 rings (SSSR count). The van der Waals surface area contributed by atoms with Gasteiger partial charge < -0.3 is 14.8 Å². The maximum Gasteiger partial charge on any atom is 0.234 e. The van der Waals surface area contributed by atoms with Crippen molar-refractivity contribution in [2.45, 2.75) is 5.16 Å². The van der Waals surface area contributed by atoms with Crippen LogP contribution in [0.3, 0.4) is 0 Å². The van der Waals surface area contributed by atoms with Crippen molar-refractivity contribution in [3.8, 4) is 22.8 Å². The van der Waals surface area contributed by atoms with Gasteiger partial charge in [-0.15, -0.1) is 10.2 Å². The van der Waals surface area contributed by atoms with Crippen molar-refractivity contribution in [3.63, 3.8) is 0 Å². The number of benzene rings is 2. The number of fused-ring (bicyclic) bond motifs is 1. The summed E-state index contributed by atoms with van der Waals surface area (Å²) < 4.78 is 12.1. The number of nitrogens with zero attached hydrogens (tertiary/aromatic N) is 4. The van der Waals surface area contributed by atoms with Crippen LogP contribution in [-0.2, 0) is 4.79 Å². The van der Waals surface area contributed by atoms with Gasteiger partial charge in [-0.1, -0.05) is 23.9 Å². The number of amides is 1. The molecule has 0 aliphatic rings. The average Bonchev–Trinajstić information content (AvgIpc) is 3.20. The van der Waals surface area contributed by atoms with Crippen molar-refractivity contribution < 1.29 is 14.3 Å². The molecule has 0 atom stereocenters. The molecule has 4 aromatic rings. The van der Waals surface area contributed by atoms with Crippen molar-refractivity contribution in [1.82, 2.24) is 19.8 Å². The normalized spacial score (nSPS) is 10.7. The SMILES string of the molecule is COc1ccc(-c2ccc3nnc(SCC(=O)Nc4ccccc4OC)n3n2)cc1. The van der Waals surface area contributed by atoms with E-state index in [0.29, 0.717) is 22.2 Å². The molecule has 0 saturated heterocycles. The Bertz CT molecular complexity index is 1180. The zero-order valence-electron chi connectivity index (χ0n) is 16.4. The van der Waals surface area contributed by atoms with Crippen molar-refractivity contribution in [2.75, 3.05) is 25.3 Å². The van der Waals surface area contributed by atoms with E-state index in [2.05, 4.69) is 20.6 Å². The van der Waals surface area contributed by atoms with Gasteiger partial charge >= 0.3 is 0 Å². The summed E-state index contributed by atoms with van der Waals surface area (Å²) in [6.07, 6.45) is 0. The minimum absolute atomic E-state index is 0.160. The standard InChI is InChI=1S/C21H19N5O3S/c1-28-15-9-7-14(8-10-15)16-11-12-19-23-24-21(26(19)25-16)30-13-20(27)22-17-5-3-4-6-18(17)29-2/h3-12H,13H2,1-2H3,(H,22,27). The molecule has 1 amide bonds. The molecule has 2 aromatic heterocycles. The Labute approximate surface area is 177 Å². The molecule has 8 nitrogen and oxygen atoms in total. The van der Waals surface area contributed by atoms with Gasteiger partial charge in [-0.25, -0.2) is 0 Å². The van der Waals surface area contributed by atoms with Gasteiger partial charge in [0.15, 0.2) is 5.65 Å².